The summed E-state index contributed by atoms with van der Waals surface area (Å²) in [5.41, 5.74) is -0.678. The summed E-state index contributed by atoms with van der Waals surface area (Å²) in [7, 11) is 0. The standard InChI is InChI=1S/C18H22ClN5O4/c1-12(2)15(10-20)22-6-8-23(9-7-22)16(25)11-21-18(26)17-13(19)4-3-5-14(17)24(27)28/h3-5,12,15H,6-9,11H2,1-2H3,(H,21,26). The maximum Gasteiger partial charge on any atom is 0.283 e. The van der Waals surface area contributed by atoms with Crippen LogP contribution in [-0.2, 0) is 4.79 Å². The number of carbonyl (C=O) groups excluding carboxylic acids is 2. The number of nitrogens with zero attached hydrogens (tertiary/aromatic N) is 4. The van der Waals surface area contributed by atoms with Gasteiger partial charge in [0, 0.05) is 32.2 Å². The highest BCUT2D eigenvalue weighted by atomic mass is 35.5. The number of hydrogen-bond acceptors (Lipinski definition) is 6. The molecule has 0 aliphatic carbocycles. The van der Waals surface area contributed by atoms with Crippen LogP contribution in [0.1, 0.15) is 24.2 Å². The number of benzene rings is 1. The molecule has 0 saturated carbocycles. The number of carbonyl (C=O) groups is 2. The second kappa shape index (κ2) is 9.48. The van der Waals surface area contributed by atoms with Crippen molar-refractivity contribution in [2.45, 2.75) is 19.9 Å². The summed E-state index contributed by atoms with van der Waals surface area (Å²) in [5, 5.41) is 22.7. The lowest BCUT2D eigenvalue weighted by molar-refractivity contribution is -0.385. The first-order valence-corrected chi connectivity index (χ1v) is 9.26. The summed E-state index contributed by atoms with van der Waals surface area (Å²) in [6.45, 7) is 5.73. The summed E-state index contributed by atoms with van der Waals surface area (Å²) in [5.74, 6) is -0.868. The number of rotatable bonds is 6. The molecule has 1 aromatic rings. The van der Waals surface area contributed by atoms with Crippen LogP contribution in [0.4, 0.5) is 5.69 Å². The molecule has 10 heteroatoms. The molecule has 1 aromatic carbocycles. The first kappa shape index (κ1) is 21.6. The average Bonchev–Trinajstić information content (AvgIpc) is 2.66. The maximum absolute atomic E-state index is 12.4. The number of hydrogen-bond donors (Lipinski definition) is 1. The van der Waals surface area contributed by atoms with Gasteiger partial charge < -0.3 is 10.2 Å². The van der Waals surface area contributed by atoms with E-state index in [1.54, 1.807) is 4.90 Å². The van der Waals surface area contributed by atoms with Gasteiger partial charge in [0.2, 0.25) is 5.91 Å². The predicted octanol–water partition coefficient (Wildman–Crippen LogP) is 1.67. The summed E-state index contributed by atoms with van der Waals surface area (Å²) in [6, 6.07) is 6.04. The average molecular weight is 408 g/mol. The molecule has 0 radical (unpaired) electrons. The Balaban J connectivity index is 1.93. The van der Waals surface area contributed by atoms with Crippen LogP contribution in [-0.4, -0.2) is 65.3 Å². The third kappa shape index (κ3) is 4.97. The molecule has 1 aliphatic heterocycles. The van der Waals surface area contributed by atoms with Gasteiger partial charge in [0.15, 0.2) is 0 Å². The van der Waals surface area contributed by atoms with E-state index >= 15 is 0 Å². The smallest absolute Gasteiger partial charge is 0.283 e. The van der Waals surface area contributed by atoms with Crippen molar-refractivity contribution in [1.29, 1.82) is 5.26 Å². The molecule has 1 fully saturated rings. The Morgan fingerprint density at radius 3 is 2.50 bits per heavy atom. The number of nitrogens with one attached hydrogen (secondary N) is 1. The van der Waals surface area contributed by atoms with Crippen molar-refractivity contribution in [3.8, 4) is 6.07 Å². The molecule has 1 atom stereocenters. The molecule has 2 rings (SSSR count). The largest absolute Gasteiger partial charge is 0.343 e. The minimum atomic E-state index is -0.770. The van der Waals surface area contributed by atoms with E-state index in [9.17, 15) is 25.0 Å². The summed E-state index contributed by atoms with van der Waals surface area (Å²) < 4.78 is 0. The number of halogens is 1. The molecule has 1 unspecified atom stereocenters. The second-order valence-electron chi connectivity index (χ2n) is 6.81. The van der Waals surface area contributed by atoms with Crippen molar-refractivity contribution in [2.24, 2.45) is 5.92 Å². The Morgan fingerprint density at radius 1 is 1.32 bits per heavy atom. The quantitative estimate of drug-likeness (QED) is 0.565. The minimum absolute atomic E-state index is 0.0519. The van der Waals surface area contributed by atoms with E-state index in [1.807, 2.05) is 18.7 Å². The maximum atomic E-state index is 12.4. The second-order valence-corrected chi connectivity index (χ2v) is 7.22. The van der Waals surface area contributed by atoms with Gasteiger partial charge in [-0.15, -0.1) is 0 Å². The van der Waals surface area contributed by atoms with Gasteiger partial charge in [-0.3, -0.25) is 24.6 Å². The fraction of sp³-hybridized carbons (Fsp3) is 0.500. The molecule has 9 nitrogen and oxygen atoms in total. The molecule has 2 amide bonds. The molecular weight excluding hydrogens is 386 g/mol. The Hall–Kier alpha value is -2.70. The van der Waals surface area contributed by atoms with Crippen LogP contribution >= 0.6 is 11.6 Å². The van der Waals surface area contributed by atoms with Gasteiger partial charge in [-0.05, 0) is 12.0 Å². The molecule has 1 N–H and O–H groups in total. The van der Waals surface area contributed by atoms with Crippen molar-refractivity contribution >= 4 is 29.1 Å². The molecule has 1 aliphatic rings. The van der Waals surface area contributed by atoms with Gasteiger partial charge in [0.05, 0.1) is 22.6 Å². The lowest BCUT2D eigenvalue weighted by Gasteiger charge is -2.38. The van der Waals surface area contributed by atoms with Gasteiger partial charge in [0.25, 0.3) is 11.6 Å². The van der Waals surface area contributed by atoms with Gasteiger partial charge in [-0.1, -0.05) is 31.5 Å². The van der Waals surface area contributed by atoms with Crippen molar-refractivity contribution in [1.82, 2.24) is 15.1 Å². The van der Waals surface area contributed by atoms with Crippen LogP contribution in [0.5, 0.6) is 0 Å². The fourth-order valence-electron chi connectivity index (χ4n) is 3.15. The van der Waals surface area contributed by atoms with Crippen LogP contribution in [0.3, 0.4) is 0 Å². The zero-order chi connectivity index (χ0) is 20.8. The normalized spacial score (nSPS) is 15.8. The monoisotopic (exact) mass is 407 g/mol. The Bertz CT molecular complexity index is 800. The SMILES string of the molecule is CC(C)C(C#N)N1CCN(C(=O)CNC(=O)c2c(Cl)cccc2[N+](=O)[O-])CC1. The molecule has 0 bridgehead atoms. The van der Waals surface area contributed by atoms with Crippen LogP contribution in [0.15, 0.2) is 18.2 Å². The van der Waals surface area contributed by atoms with E-state index in [0.717, 1.165) is 0 Å². The number of amides is 2. The number of nitro groups is 1. The Labute approximate surface area is 168 Å². The Kier molecular flexibility index (Phi) is 7.31. The lowest BCUT2D eigenvalue weighted by Crippen LogP contribution is -2.54. The predicted molar refractivity (Wildman–Crippen MR) is 103 cm³/mol. The molecule has 0 aromatic heterocycles. The third-order valence-electron chi connectivity index (χ3n) is 4.64. The van der Waals surface area contributed by atoms with E-state index < -0.39 is 16.5 Å². The number of piperazine rings is 1. The Morgan fingerprint density at radius 2 is 1.96 bits per heavy atom. The van der Waals surface area contributed by atoms with Crippen molar-refractivity contribution in [3.63, 3.8) is 0 Å². The third-order valence-corrected chi connectivity index (χ3v) is 4.95. The van der Waals surface area contributed by atoms with Crippen LogP contribution < -0.4 is 5.32 Å². The topological polar surface area (TPSA) is 120 Å². The molecular formula is C18H22ClN5O4. The van der Waals surface area contributed by atoms with Gasteiger partial charge in [0.1, 0.15) is 11.6 Å². The lowest BCUT2D eigenvalue weighted by atomic mass is 10.0. The van der Waals surface area contributed by atoms with Gasteiger partial charge >= 0.3 is 0 Å². The number of nitriles is 1. The van der Waals surface area contributed by atoms with Crippen molar-refractivity contribution < 1.29 is 14.5 Å². The highest BCUT2D eigenvalue weighted by Gasteiger charge is 2.28. The van der Waals surface area contributed by atoms with Crippen molar-refractivity contribution in [3.05, 3.63) is 38.9 Å². The fourth-order valence-corrected chi connectivity index (χ4v) is 3.40. The van der Waals surface area contributed by atoms with Gasteiger partial charge in [-0.2, -0.15) is 5.26 Å². The van der Waals surface area contributed by atoms with E-state index in [0.29, 0.717) is 26.2 Å². The highest BCUT2D eigenvalue weighted by molar-refractivity contribution is 6.34. The molecule has 1 heterocycles. The molecule has 28 heavy (non-hydrogen) atoms. The molecule has 150 valence electrons. The van der Waals surface area contributed by atoms with E-state index in [1.165, 1.54) is 18.2 Å². The van der Waals surface area contributed by atoms with E-state index in [-0.39, 0.29) is 35.0 Å². The zero-order valence-electron chi connectivity index (χ0n) is 15.7. The highest BCUT2D eigenvalue weighted by Crippen LogP contribution is 2.25. The van der Waals surface area contributed by atoms with Crippen molar-refractivity contribution in [2.75, 3.05) is 32.7 Å². The zero-order valence-corrected chi connectivity index (χ0v) is 16.5. The summed E-state index contributed by atoms with van der Waals surface area (Å²) >= 11 is 5.92. The molecule has 0 spiro atoms. The first-order valence-electron chi connectivity index (χ1n) is 8.88. The van der Waals surface area contributed by atoms with Gasteiger partial charge in [-0.25, -0.2) is 0 Å². The number of nitro benzene ring substituents is 1. The first-order chi connectivity index (χ1) is 13.3. The summed E-state index contributed by atoms with van der Waals surface area (Å²) in [4.78, 5) is 38.7. The molecule has 1 saturated heterocycles. The van der Waals surface area contributed by atoms with Crippen LogP contribution in [0.25, 0.3) is 0 Å². The van der Waals surface area contributed by atoms with Crippen LogP contribution in [0, 0.1) is 27.4 Å². The van der Waals surface area contributed by atoms with Crippen LogP contribution in [0.2, 0.25) is 5.02 Å². The minimum Gasteiger partial charge on any atom is -0.343 e. The summed E-state index contributed by atoms with van der Waals surface area (Å²) in [6.07, 6.45) is 0. The van der Waals surface area contributed by atoms with E-state index in [2.05, 4.69) is 11.4 Å². The van der Waals surface area contributed by atoms with E-state index in [4.69, 9.17) is 11.6 Å².